The molecule has 6 nitrogen and oxygen atoms in total. The molecule has 0 aromatic heterocycles. The van der Waals surface area contributed by atoms with Crippen LogP contribution in [0.2, 0.25) is 0 Å². The number of hydrogen-bond acceptors (Lipinski definition) is 5. The van der Waals surface area contributed by atoms with Gasteiger partial charge in [0.15, 0.2) is 0 Å². The Balaban J connectivity index is 0.00000280. The number of halogens is 3. The van der Waals surface area contributed by atoms with Gasteiger partial charge in [-0.1, -0.05) is 42.1 Å². The van der Waals surface area contributed by atoms with E-state index in [0.29, 0.717) is 0 Å². The van der Waals surface area contributed by atoms with Gasteiger partial charge in [-0.05, 0) is 23.6 Å². The van der Waals surface area contributed by atoms with Gasteiger partial charge in [-0.15, -0.1) is 5.11 Å². The van der Waals surface area contributed by atoms with E-state index < -0.39 is 43.9 Å². The topological polar surface area (TPSA) is 102 Å². The van der Waals surface area contributed by atoms with Crippen molar-refractivity contribution < 1.29 is 60.8 Å². The molecule has 0 unspecified atom stereocenters. The Labute approximate surface area is 179 Å². The largest absolute Gasteiger partial charge is 1.00 e. The number of rotatable bonds is 3. The Kier molecular flexibility index (Phi) is 6.51. The van der Waals surface area contributed by atoms with Crippen molar-refractivity contribution in [3.63, 3.8) is 0 Å². The van der Waals surface area contributed by atoms with Gasteiger partial charge in [-0.25, -0.2) is 0 Å². The second kappa shape index (κ2) is 8.18. The van der Waals surface area contributed by atoms with E-state index in [4.69, 9.17) is 0 Å². The molecule has 0 amide bonds. The molecule has 0 heterocycles. The molecule has 0 aliphatic carbocycles. The van der Waals surface area contributed by atoms with E-state index in [9.17, 15) is 31.2 Å². The summed E-state index contributed by atoms with van der Waals surface area (Å²) in [5, 5.41) is 19.3. The standard InChI is InChI=1S/C17H11F3N2O4S.Na/c18-17(19,20)11-5-1-2-6-12(11)21-22-16-13(23)9-8-10-4-3-7-14(15(10)16)27(24,25)26;/h1-9,23H,(H,24,25,26);/q;+1/p-1. The van der Waals surface area contributed by atoms with E-state index in [1.807, 2.05) is 0 Å². The predicted octanol–water partition coefficient (Wildman–Crippen LogP) is 1.60. The van der Waals surface area contributed by atoms with Gasteiger partial charge >= 0.3 is 35.7 Å². The van der Waals surface area contributed by atoms with E-state index in [0.717, 1.165) is 24.3 Å². The van der Waals surface area contributed by atoms with Crippen molar-refractivity contribution in [2.24, 2.45) is 10.2 Å². The van der Waals surface area contributed by atoms with Crippen LogP contribution in [0.1, 0.15) is 5.56 Å². The molecule has 28 heavy (non-hydrogen) atoms. The third kappa shape index (κ3) is 4.53. The second-order valence-electron chi connectivity index (χ2n) is 5.46. The number of benzene rings is 3. The van der Waals surface area contributed by atoms with E-state index in [2.05, 4.69) is 10.2 Å². The van der Waals surface area contributed by atoms with Crippen LogP contribution in [0, 0.1) is 0 Å². The molecule has 0 aliphatic heterocycles. The molecule has 0 aliphatic rings. The van der Waals surface area contributed by atoms with Crippen LogP contribution < -0.4 is 34.7 Å². The normalized spacial score (nSPS) is 12.3. The SMILES string of the molecule is O=S(=O)(O)c1cccc2ccc([O-])c(N=Nc3ccccc3C(F)(F)F)c12.[Na+]. The van der Waals surface area contributed by atoms with Crippen LogP contribution in [0.4, 0.5) is 24.5 Å². The number of hydrogen-bond donors (Lipinski definition) is 1. The molecule has 11 heteroatoms. The van der Waals surface area contributed by atoms with Crippen molar-refractivity contribution in [2.75, 3.05) is 0 Å². The van der Waals surface area contributed by atoms with Crippen LogP contribution in [0.25, 0.3) is 10.8 Å². The molecule has 1 N–H and O–H groups in total. The maximum atomic E-state index is 13.1. The monoisotopic (exact) mass is 418 g/mol. The summed E-state index contributed by atoms with van der Waals surface area (Å²) in [6.07, 6.45) is -4.69. The smallest absolute Gasteiger partial charge is 0.871 e. The van der Waals surface area contributed by atoms with Crippen molar-refractivity contribution in [2.45, 2.75) is 11.1 Å². The zero-order valence-corrected chi connectivity index (χ0v) is 17.1. The van der Waals surface area contributed by atoms with Crippen molar-refractivity contribution >= 4 is 32.3 Å². The van der Waals surface area contributed by atoms with Crippen LogP contribution in [0.3, 0.4) is 0 Å². The first kappa shape index (κ1) is 22.3. The van der Waals surface area contributed by atoms with E-state index in [1.165, 1.54) is 30.3 Å². The van der Waals surface area contributed by atoms with E-state index >= 15 is 0 Å². The van der Waals surface area contributed by atoms with Gasteiger partial charge in [-0.2, -0.15) is 26.7 Å². The molecule has 0 saturated heterocycles. The zero-order valence-electron chi connectivity index (χ0n) is 14.3. The maximum absolute atomic E-state index is 13.1. The minimum Gasteiger partial charge on any atom is -0.871 e. The average Bonchev–Trinajstić information content (AvgIpc) is 2.59. The molecule has 0 fully saturated rings. The number of nitrogens with zero attached hydrogens (tertiary/aromatic N) is 2. The van der Waals surface area contributed by atoms with Gasteiger partial charge in [0, 0.05) is 5.39 Å². The fourth-order valence-corrected chi connectivity index (χ4v) is 3.25. The van der Waals surface area contributed by atoms with Crippen molar-refractivity contribution in [3.05, 3.63) is 60.2 Å². The quantitative estimate of drug-likeness (QED) is 0.397. The minimum absolute atomic E-state index is 0. The molecule has 0 bridgehead atoms. The first-order chi connectivity index (χ1) is 12.6. The van der Waals surface area contributed by atoms with E-state index in [-0.39, 0.29) is 40.3 Å². The molecule has 140 valence electrons. The third-order valence-corrected chi connectivity index (χ3v) is 4.58. The minimum atomic E-state index is -4.70. The summed E-state index contributed by atoms with van der Waals surface area (Å²) in [4.78, 5) is -0.587. The average molecular weight is 418 g/mol. The van der Waals surface area contributed by atoms with Gasteiger partial charge in [0.2, 0.25) is 0 Å². The van der Waals surface area contributed by atoms with Crippen LogP contribution >= 0.6 is 0 Å². The molecular weight excluding hydrogens is 408 g/mol. The molecule has 0 atom stereocenters. The van der Waals surface area contributed by atoms with Gasteiger partial charge in [-0.3, -0.25) is 4.55 Å². The Morgan fingerprint density at radius 3 is 2.25 bits per heavy atom. The van der Waals surface area contributed by atoms with Gasteiger partial charge in [0.1, 0.15) is 4.90 Å². The maximum Gasteiger partial charge on any atom is 1.00 e. The van der Waals surface area contributed by atoms with Crippen molar-refractivity contribution in [3.8, 4) is 5.75 Å². The van der Waals surface area contributed by atoms with Crippen LogP contribution in [-0.4, -0.2) is 13.0 Å². The predicted molar refractivity (Wildman–Crippen MR) is 88.8 cm³/mol. The molecule has 0 spiro atoms. The molecule has 3 rings (SSSR count). The summed E-state index contributed by atoms with van der Waals surface area (Å²) in [7, 11) is -4.70. The van der Waals surface area contributed by atoms with Gasteiger partial charge in [0.25, 0.3) is 10.1 Å². The summed E-state index contributed by atoms with van der Waals surface area (Å²) in [5.74, 6) is -0.758. The zero-order chi connectivity index (χ0) is 19.8. The number of azo groups is 1. The number of fused-ring (bicyclic) bond motifs is 1. The Hall–Kier alpha value is -1.98. The summed E-state index contributed by atoms with van der Waals surface area (Å²) < 4.78 is 71.7. The molecule has 0 saturated carbocycles. The van der Waals surface area contributed by atoms with Gasteiger partial charge < -0.3 is 5.11 Å². The van der Waals surface area contributed by atoms with Crippen LogP contribution in [0.15, 0.2) is 69.7 Å². The summed E-state index contributed by atoms with van der Waals surface area (Å²) >= 11 is 0. The van der Waals surface area contributed by atoms with E-state index in [1.54, 1.807) is 0 Å². The third-order valence-electron chi connectivity index (χ3n) is 3.69. The van der Waals surface area contributed by atoms with Gasteiger partial charge in [0.05, 0.1) is 16.9 Å². The fraction of sp³-hybridized carbons (Fsp3) is 0.0588. The van der Waals surface area contributed by atoms with Crippen molar-refractivity contribution in [1.82, 2.24) is 0 Å². The Morgan fingerprint density at radius 2 is 1.61 bits per heavy atom. The van der Waals surface area contributed by atoms with Crippen LogP contribution in [-0.2, 0) is 16.3 Å². The first-order valence-corrected chi connectivity index (χ1v) is 8.81. The molecule has 0 radical (unpaired) electrons. The molecular formula is C17H10F3N2NaO4S. The second-order valence-corrected chi connectivity index (χ2v) is 6.85. The Bertz CT molecular complexity index is 1160. The summed E-state index contributed by atoms with van der Waals surface area (Å²) in [6, 6.07) is 10.6. The fourth-order valence-electron chi connectivity index (χ4n) is 2.53. The summed E-state index contributed by atoms with van der Waals surface area (Å²) in [5.41, 5.74) is -2.08. The Morgan fingerprint density at radius 1 is 0.929 bits per heavy atom. The molecule has 3 aromatic carbocycles. The number of alkyl halides is 3. The first-order valence-electron chi connectivity index (χ1n) is 7.37. The van der Waals surface area contributed by atoms with Crippen LogP contribution in [0.5, 0.6) is 5.75 Å². The molecule has 3 aromatic rings. The summed E-state index contributed by atoms with van der Waals surface area (Å²) in [6.45, 7) is 0. The van der Waals surface area contributed by atoms with Crippen molar-refractivity contribution in [1.29, 1.82) is 0 Å².